The molecule has 78 valence electrons. The summed E-state index contributed by atoms with van der Waals surface area (Å²) in [6, 6.07) is 7.56. The number of hydrogen-bond acceptors (Lipinski definition) is 4. The molecule has 0 atom stereocenters. The first-order valence-corrected chi connectivity index (χ1v) is 5.37. The molecule has 1 aromatic heterocycles. The van der Waals surface area contributed by atoms with Crippen molar-refractivity contribution >= 4 is 27.4 Å². The lowest BCUT2D eigenvalue weighted by Crippen LogP contribution is -1.99. The molecular formula is C11H11NO2S. The summed E-state index contributed by atoms with van der Waals surface area (Å²) in [7, 11) is 1.38. The number of hydrogen-bond donors (Lipinski definition) is 1. The van der Waals surface area contributed by atoms with Gasteiger partial charge in [-0.3, -0.25) is 0 Å². The fraction of sp³-hybridized carbons (Fsp3) is 0.182. The van der Waals surface area contributed by atoms with E-state index in [0.717, 1.165) is 15.0 Å². The minimum atomic E-state index is -0.306. The molecule has 3 nitrogen and oxygen atoms in total. The van der Waals surface area contributed by atoms with E-state index in [1.54, 1.807) is 17.4 Å². The number of benzene rings is 1. The Balaban J connectivity index is 2.50. The molecule has 1 aromatic carbocycles. The molecule has 0 saturated carbocycles. The number of carbonyl (C=O) groups is 1. The van der Waals surface area contributed by atoms with Gasteiger partial charge in [0.05, 0.1) is 12.7 Å². The van der Waals surface area contributed by atoms with E-state index in [1.807, 2.05) is 18.2 Å². The highest BCUT2D eigenvalue weighted by atomic mass is 32.1. The molecule has 0 aliphatic rings. The second-order valence-corrected chi connectivity index (χ2v) is 4.33. The van der Waals surface area contributed by atoms with E-state index in [9.17, 15) is 4.79 Å². The van der Waals surface area contributed by atoms with E-state index in [0.29, 0.717) is 12.1 Å². The molecule has 0 spiro atoms. The Kier molecular flexibility index (Phi) is 2.70. The summed E-state index contributed by atoms with van der Waals surface area (Å²) >= 11 is 1.61. The maximum absolute atomic E-state index is 11.3. The van der Waals surface area contributed by atoms with E-state index in [2.05, 4.69) is 4.74 Å². The molecular weight excluding hydrogens is 210 g/mol. The second kappa shape index (κ2) is 4.00. The van der Waals surface area contributed by atoms with Gasteiger partial charge < -0.3 is 10.5 Å². The summed E-state index contributed by atoms with van der Waals surface area (Å²) < 4.78 is 5.73. The molecule has 2 N–H and O–H groups in total. The van der Waals surface area contributed by atoms with Gasteiger partial charge in [-0.05, 0) is 23.6 Å². The highest BCUT2D eigenvalue weighted by Crippen LogP contribution is 2.26. The maximum Gasteiger partial charge on any atom is 0.337 e. The predicted octanol–water partition coefficient (Wildman–Crippen LogP) is 2.15. The van der Waals surface area contributed by atoms with Crippen molar-refractivity contribution in [2.45, 2.75) is 6.54 Å². The molecule has 0 amide bonds. The Morgan fingerprint density at radius 2 is 2.27 bits per heavy atom. The predicted molar refractivity (Wildman–Crippen MR) is 61.1 cm³/mol. The molecule has 2 aromatic rings. The van der Waals surface area contributed by atoms with Crippen LogP contribution < -0.4 is 5.73 Å². The smallest absolute Gasteiger partial charge is 0.337 e. The number of thiophene rings is 1. The molecule has 15 heavy (non-hydrogen) atoms. The Hall–Kier alpha value is -1.39. The Morgan fingerprint density at radius 3 is 2.93 bits per heavy atom. The molecule has 0 fully saturated rings. The van der Waals surface area contributed by atoms with Crippen LogP contribution >= 0.6 is 11.3 Å². The molecule has 0 saturated heterocycles. The van der Waals surface area contributed by atoms with Gasteiger partial charge in [-0.1, -0.05) is 6.07 Å². The van der Waals surface area contributed by atoms with Crippen LogP contribution in [-0.4, -0.2) is 13.1 Å². The quantitative estimate of drug-likeness (QED) is 0.790. The number of esters is 1. The first-order valence-electron chi connectivity index (χ1n) is 4.55. The van der Waals surface area contributed by atoms with Gasteiger partial charge in [0, 0.05) is 16.1 Å². The first-order chi connectivity index (χ1) is 7.24. The number of ether oxygens (including phenoxy) is 1. The van der Waals surface area contributed by atoms with Crippen LogP contribution in [0.25, 0.3) is 10.1 Å². The van der Waals surface area contributed by atoms with Crippen molar-refractivity contribution in [1.29, 1.82) is 0 Å². The third-order valence-corrected chi connectivity index (χ3v) is 3.31. The third kappa shape index (κ3) is 1.86. The highest BCUT2D eigenvalue weighted by Gasteiger charge is 2.07. The van der Waals surface area contributed by atoms with E-state index in [4.69, 9.17) is 5.73 Å². The zero-order valence-corrected chi connectivity index (χ0v) is 9.14. The van der Waals surface area contributed by atoms with E-state index in [-0.39, 0.29) is 5.97 Å². The van der Waals surface area contributed by atoms with Crippen LogP contribution in [0.4, 0.5) is 0 Å². The highest BCUT2D eigenvalue weighted by molar-refractivity contribution is 7.19. The molecule has 1 heterocycles. The Labute approximate surface area is 91.5 Å². The fourth-order valence-corrected chi connectivity index (χ4v) is 2.41. The fourth-order valence-electron chi connectivity index (χ4n) is 1.43. The average Bonchev–Trinajstić information content (AvgIpc) is 2.69. The van der Waals surface area contributed by atoms with E-state index >= 15 is 0 Å². The zero-order valence-electron chi connectivity index (χ0n) is 8.32. The summed E-state index contributed by atoms with van der Waals surface area (Å²) in [6.45, 7) is 0.535. The van der Waals surface area contributed by atoms with Crippen molar-refractivity contribution < 1.29 is 9.53 Å². The zero-order chi connectivity index (χ0) is 10.8. The van der Waals surface area contributed by atoms with Crippen molar-refractivity contribution in [3.05, 3.63) is 34.7 Å². The van der Waals surface area contributed by atoms with Gasteiger partial charge in [-0.15, -0.1) is 11.3 Å². The summed E-state index contributed by atoms with van der Waals surface area (Å²) in [5.74, 6) is -0.306. The van der Waals surface area contributed by atoms with Crippen LogP contribution in [0.15, 0.2) is 24.3 Å². The maximum atomic E-state index is 11.3. The number of fused-ring (bicyclic) bond motifs is 1. The lowest BCUT2D eigenvalue weighted by molar-refractivity contribution is 0.0601. The lowest BCUT2D eigenvalue weighted by Gasteiger charge is -1.97. The second-order valence-electron chi connectivity index (χ2n) is 3.16. The monoisotopic (exact) mass is 221 g/mol. The number of rotatable bonds is 2. The van der Waals surface area contributed by atoms with Gasteiger partial charge in [-0.25, -0.2) is 4.79 Å². The normalized spacial score (nSPS) is 10.5. The number of carbonyl (C=O) groups excluding carboxylic acids is 1. The lowest BCUT2D eigenvalue weighted by atomic mass is 10.2. The van der Waals surface area contributed by atoms with Crippen molar-refractivity contribution in [3.63, 3.8) is 0 Å². The van der Waals surface area contributed by atoms with Crippen LogP contribution in [0, 0.1) is 0 Å². The van der Waals surface area contributed by atoms with Gasteiger partial charge in [0.25, 0.3) is 0 Å². The summed E-state index contributed by atoms with van der Waals surface area (Å²) in [5.41, 5.74) is 6.14. The van der Waals surface area contributed by atoms with Gasteiger partial charge in [0.2, 0.25) is 0 Å². The number of nitrogens with two attached hydrogens (primary N) is 1. The SMILES string of the molecule is COC(=O)c1ccc2cc(CN)sc2c1. The van der Waals surface area contributed by atoms with Crippen LogP contribution in [0.2, 0.25) is 0 Å². The summed E-state index contributed by atoms with van der Waals surface area (Å²) in [4.78, 5) is 12.4. The molecule has 0 aliphatic heterocycles. The Morgan fingerprint density at radius 1 is 1.47 bits per heavy atom. The standard InChI is InChI=1S/C11H11NO2S/c1-14-11(13)8-3-2-7-4-9(6-12)15-10(7)5-8/h2-5H,6,12H2,1H3. The van der Waals surface area contributed by atoms with Gasteiger partial charge in [0.1, 0.15) is 0 Å². The van der Waals surface area contributed by atoms with Crippen LogP contribution in [-0.2, 0) is 11.3 Å². The molecule has 0 unspecified atom stereocenters. The third-order valence-electron chi connectivity index (χ3n) is 2.19. The Bertz CT molecular complexity index is 504. The molecule has 2 rings (SSSR count). The van der Waals surface area contributed by atoms with Gasteiger partial charge in [0.15, 0.2) is 0 Å². The summed E-state index contributed by atoms with van der Waals surface area (Å²) in [5, 5.41) is 1.12. The first kappa shape index (κ1) is 10.1. The van der Waals surface area contributed by atoms with Crippen molar-refractivity contribution in [1.82, 2.24) is 0 Å². The number of methoxy groups -OCH3 is 1. The minimum absolute atomic E-state index is 0.306. The van der Waals surface area contributed by atoms with Gasteiger partial charge >= 0.3 is 5.97 Å². The largest absolute Gasteiger partial charge is 0.465 e. The van der Waals surface area contributed by atoms with Crippen LogP contribution in [0.1, 0.15) is 15.2 Å². The molecule has 0 radical (unpaired) electrons. The van der Waals surface area contributed by atoms with Crippen LogP contribution in [0.3, 0.4) is 0 Å². The van der Waals surface area contributed by atoms with Crippen LogP contribution in [0.5, 0.6) is 0 Å². The van der Waals surface area contributed by atoms with E-state index < -0.39 is 0 Å². The van der Waals surface area contributed by atoms with Crippen molar-refractivity contribution in [2.24, 2.45) is 5.73 Å². The summed E-state index contributed by atoms with van der Waals surface area (Å²) in [6.07, 6.45) is 0. The minimum Gasteiger partial charge on any atom is -0.465 e. The van der Waals surface area contributed by atoms with Crippen molar-refractivity contribution in [2.75, 3.05) is 7.11 Å². The van der Waals surface area contributed by atoms with Gasteiger partial charge in [-0.2, -0.15) is 0 Å². The topological polar surface area (TPSA) is 52.3 Å². The van der Waals surface area contributed by atoms with Crippen molar-refractivity contribution in [3.8, 4) is 0 Å². The molecule has 4 heteroatoms. The molecule has 0 aliphatic carbocycles. The average molecular weight is 221 g/mol. The van der Waals surface area contributed by atoms with E-state index in [1.165, 1.54) is 7.11 Å². The molecule has 0 bridgehead atoms.